The second-order valence-electron chi connectivity index (χ2n) is 10.3. The van der Waals surface area contributed by atoms with Crippen molar-refractivity contribution in [2.45, 2.75) is 63.9 Å². The van der Waals surface area contributed by atoms with Crippen LogP contribution in [0.25, 0.3) is 0 Å². The molecule has 0 bridgehead atoms. The average molecular weight is 478 g/mol. The maximum atomic E-state index is 13.3. The summed E-state index contributed by atoms with van der Waals surface area (Å²) < 4.78 is 17.1. The molecule has 1 aliphatic carbocycles. The highest BCUT2D eigenvalue weighted by molar-refractivity contribution is 6.30. The molecular formula is C24H32ClN3O5. The summed E-state index contributed by atoms with van der Waals surface area (Å²) in [5, 5.41) is 0.632. The number of hydrogen-bond donors (Lipinski definition) is 0. The van der Waals surface area contributed by atoms with Gasteiger partial charge in [0.15, 0.2) is 0 Å². The van der Waals surface area contributed by atoms with Crippen molar-refractivity contribution in [3.63, 3.8) is 0 Å². The number of rotatable bonds is 1. The minimum atomic E-state index is -0.588. The lowest BCUT2D eigenvalue weighted by Gasteiger charge is -2.40. The lowest BCUT2D eigenvalue weighted by molar-refractivity contribution is -0.0334. The standard InChI is InChI=1S/C24H32ClN3O5/c1-24(2,3)33-23(30)28-6-8-31-14-20(28)17-11-16(25)10-15-4-5-26(13-18(15)17)22(29)27-7-9-32-21-12-19(21)27/h10-11,19-21H,4-9,12-14H2,1-3H3. The molecule has 3 unspecified atom stereocenters. The predicted octanol–water partition coefficient (Wildman–Crippen LogP) is 3.60. The summed E-state index contributed by atoms with van der Waals surface area (Å²) in [6.07, 6.45) is 1.51. The Morgan fingerprint density at radius 1 is 1.12 bits per heavy atom. The summed E-state index contributed by atoms with van der Waals surface area (Å²) in [4.78, 5) is 32.0. The average Bonchev–Trinajstić information content (AvgIpc) is 3.56. The van der Waals surface area contributed by atoms with Crippen molar-refractivity contribution in [2.24, 2.45) is 0 Å². The van der Waals surface area contributed by atoms with Crippen LogP contribution in [0.4, 0.5) is 9.59 Å². The van der Waals surface area contributed by atoms with Gasteiger partial charge < -0.3 is 24.0 Å². The summed E-state index contributed by atoms with van der Waals surface area (Å²) in [6, 6.07) is 3.87. The van der Waals surface area contributed by atoms with Gasteiger partial charge in [0, 0.05) is 31.2 Å². The molecule has 1 aromatic rings. The Labute approximate surface area is 199 Å². The molecule has 0 N–H and O–H groups in total. The van der Waals surface area contributed by atoms with E-state index in [2.05, 4.69) is 0 Å². The van der Waals surface area contributed by atoms with Gasteiger partial charge in [-0.2, -0.15) is 0 Å². The highest BCUT2D eigenvalue weighted by atomic mass is 35.5. The lowest BCUT2D eigenvalue weighted by Crippen LogP contribution is -2.50. The van der Waals surface area contributed by atoms with Crippen LogP contribution in [0, 0.1) is 0 Å². The normalized spacial score (nSPS) is 27.0. The van der Waals surface area contributed by atoms with E-state index in [9.17, 15) is 9.59 Å². The van der Waals surface area contributed by atoms with Crippen molar-refractivity contribution in [1.29, 1.82) is 0 Å². The smallest absolute Gasteiger partial charge is 0.410 e. The molecule has 1 saturated carbocycles. The van der Waals surface area contributed by atoms with Crippen LogP contribution in [0.1, 0.15) is 49.9 Å². The van der Waals surface area contributed by atoms with Crippen molar-refractivity contribution in [3.8, 4) is 0 Å². The first-order chi connectivity index (χ1) is 15.7. The van der Waals surface area contributed by atoms with Crippen molar-refractivity contribution >= 4 is 23.7 Å². The van der Waals surface area contributed by atoms with Gasteiger partial charge in [-0.05, 0) is 62.4 Å². The Kier molecular flexibility index (Phi) is 5.95. The molecule has 8 nitrogen and oxygen atoms in total. The molecule has 33 heavy (non-hydrogen) atoms. The molecule has 180 valence electrons. The van der Waals surface area contributed by atoms with E-state index < -0.39 is 5.60 Å². The number of carbonyl (C=O) groups is 2. The summed E-state index contributed by atoms with van der Waals surface area (Å²) in [5.41, 5.74) is 2.54. The fourth-order valence-electron chi connectivity index (χ4n) is 5.07. The predicted molar refractivity (Wildman–Crippen MR) is 122 cm³/mol. The van der Waals surface area contributed by atoms with Crippen molar-refractivity contribution in [1.82, 2.24) is 14.7 Å². The first-order valence-corrected chi connectivity index (χ1v) is 12.1. The number of halogens is 1. The van der Waals surface area contributed by atoms with Crippen LogP contribution in [0.3, 0.4) is 0 Å². The Morgan fingerprint density at radius 2 is 1.91 bits per heavy atom. The number of nitrogens with zero attached hydrogens (tertiary/aromatic N) is 3. The number of ether oxygens (including phenoxy) is 3. The topological polar surface area (TPSA) is 71.5 Å². The molecule has 1 aromatic carbocycles. The second kappa shape index (κ2) is 8.64. The van der Waals surface area contributed by atoms with E-state index >= 15 is 0 Å². The van der Waals surface area contributed by atoms with Crippen molar-refractivity contribution < 1.29 is 23.8 Å². The maximum absolute atomic E-state index is 13.3. The first-order valence-electron chi connectivity index (χ1n) is 11.8. The van der Waals surface area contributed by atoms with Crippen LogP contribution in [0.5, 0.6) is 0 Å². The minimum Gasteiger partial charge on any atom is -0.444 e. The molecule has 4 aliphatic rings. The third-order valence-electron chi connectivity index (χ3n) is 6.74. The van der Waals surface area contributed by atoms with E-state index in [4.69, 9.17) is 25.8 Å². The van der Waals surface area contributed by atoms with Gasteiger partial charge in [0.1, 0.15) is 5.60 Å². The van der Waals surface area contributed by atoms with Crippen LogP contribution in [-0.2, 0) is 27.2 Å². The molecule has 5 rings (SSSR count). The zero-order valence-corrected chi connectivity index (χ0v) is 20.3. The quantitative estimate of drug-likeness (QED) is 0.618. The molecular weight excluding hydrogens is 446 g/mol. The van der Waals surface area contributed by atoms with Crippen LogP contribution in [0.2, 0.25) is 5.02 Å². The number of morpholine rings is 2. The first kappa shape index (κ1) is 22.7. The summed E-state index contributed by atoms with van der Waals surface area (Å²) in [5.74, 6) is 0. The Balaban J connectivity index is 1.41. The second-order valence-corrected chi connectivity index (χ2v) is 10.7. The highest BCUT2D eigenvalue weighted by Crippen LogP contribution is 2.38. The third-order valence-corrected chi connectivity index (χ3v) is 6.96. The van der Waals surface area contributed by atoms with Gasteiger partial charge in [0.25, 0.3) is 0 Å². The van der Waals surface area contributed by atoms with Gasteiger partial charge in [0.2, 0.25) is 0 Å². The van der Waals surface area contributed by atoms with Gasteiger partial charge >= 0.3 is 12.1 Å². The van der Waals surface area contributed by atoms with Gasteiger partial charge in [-0.15, -0.1) is 0 Å². The van der Waals surface area contributed by atoms with Crippen LogP contribution < -0.4 is 0 Å². The Bertz CT molecular complexity index is 949. The molecule has 9 heteroatoms. The molecule has 0 aromatic heterocycles. The van der Waals surface area contributed by atoms with Gasteiger partial charge in [-0.1, -0.05) is 11.6 Å². The monoisotopic (exact) mass is 477 g/mol. The van der Waals surface area contributed by atoms with E-state index in [1.165, 1.54) is 0 Å². The number of benzene rings is 1. The van der Waals surface area contributed by atoms with Crippen LogP contribution in [0.15, 0.2) is 12.1 Å². The third kappa shape index (κ3) is 4.66. The highest BCUT2D eigenvalue weighted by Gasteiger charge is 2.49. The van der Waals surface area contributed by atoms with E-state index in [-0.39, 0.29) is 30.3 Å². The molecule has 0 radical (unpaired) electrons. The molecule has 0 spiro atoms. The Hall–Kier alpha value is -2.03. The lowest BCUT2D eigenvalue weighted by atomic mass is 9.90. The van der Waals surface area contributed by atoms with Gasteiger partial charge in [-0.3, -0.25) is 4.90 Å². The molecule has 2 saturated heterocycles. The van der Waals surface area contributed by atoms with Crippen molar-refractivity contribution in [2.75, 3.05) is 39.5 Å². The number of urea groups is 1. The summed E-state index contributed by atoms with van der Waals surface area (Å²) in [7, 11) is 0. The van der Waals surface area contributed by atoms with E-state index in [0.29, 0.717) is 51.0 Å². The Morgan fingerprint density at radius 3 is 2.70 bits per heavy atom. The van der Waals surface area contributed by atoms with E-state index in [1.807, 2.05) is 42.7 Å². The zero-order chi connectivity index (χ0) is 23.3. The molecule has 3 aliphatic heterocycles. The number of amides is 3. The SMILES string of the molecule is CC(C)(C)OC(=O)N1CCOCC1c1cc(Cl)cc2c1CN(C(=O)N1CCOC3CC31)CC2. The van der Waals surface area contributed by atoms with E-state index in [0.717, 1.165) is 29.5 Å². The number of carbonyl (C=O) groups excluding carboxylic acids is 2. The maximum Gasteiger partial charge on any atom is 0.410 e. The number of hydrogen-bond acceptors (Lipinski definition) is 5. The van der Waals surface area contributed by atoms with Crippen LogP contribution in [-0.4, -0.2) is 84.0 Å². The zero-order valence-electron chi connectivity index (χ0n) is 19.5. The van der Waals surface area contributed by atoms with Crippen molar-refractivity contribution in [3.05, 3.63) is 33.8 Å². The fourth-order valence-corrected chi connectivity index (χ4v) is 5.32. The van der Waals surface area contributed by atoms with E-state index in [1.54, 1.807) is 4.90 Å². The van der Waals surface area contributed by atoms with Gasteiger partial charge in [0.05, 0.1) is 38.0 Å². The number of fused-ring (bicyclic) bond motifs is 2. The van der Waals surface area contributed by atoms with Gasteiger partial charge in [-0.25, -0.2) is 9.59 Å². The molecule has 3 atom stereocenters. The minimum absolute atomic E-state index is 0.0706. The summed E-state index contributed by atoms with van der Waals surface area (Å²) >= 11 is 6.50. The molecule has 3 heterocycles. The molecule has 3 fully saturated rings. The largest absolute Gasteiger partial charge is 0.444 e. The molecule has 3 amide bonds. The van der Waals surface area contributed by atoms with Crippen LogP contribution >= 0.6 is 11.6 Å². The summed E-state index contributed by atoms with van der Waals surface area (Å²) in [6.45, 7) is 9.24. The fraction of sp³-hybridized carbons (Fsp3) is 0.667.